The van der Waals surface area contributed by atoms with Crippen molar-refractivity contribution >= 4 is 39.5 Å². The largest absolute Gasteiger partial charge is 0.472 e. The predicted molar refractivity (Wildman–Crippen MR) is 427 cm³/mol. The van der Waals surface area contributed by atoms with Crippen molar-refractivity contribution in [3.05, 3.63) is 134 Å². The Hall–Kier alpha value is -4.80. The molecule has 17 nitrogen and oxygen atoms in total. The van der Waals surface area contributed by atoms with Crippen molar-refractivity contribution in [1.29, 1.82) is 0 Å². The quantitative estimate of drug-likeness (QED) is 0.0169. The molecule has 0 rings (SSSR count). The predicted octanol–water partition coefficient (Wildman–Crippen LogP) is 23.7. The smallest absolute Gasteiger partial charge is 0.462 e. The Morgan fingerprint density at radius 3 is 0.798 bits per heavy atom. The molecule has 596 valence electrons. The van der Waals surface area contributed by atoms with E-state index < -0.39 is 97.5 Å². The highest BCUT2D eigenvalue weighted by molar-refractivity contribution is 7.47. The molecule has 0 bridgehead atoms. The summed E-state index contributed by atoms with van der Waals surface area (Å²) in [4.78, 5) is 73.0. The highest BCUT2D eigenvalue weighted by atomic mass is 31.2. The van der Waals surface area contributed by atoms with Crippen LogP contribution < -0.4 is 0 Å². The van der Waals surface area contributed by atoms with Gasteiger partial charge in [-0.1, -0.05) is 271 Å². The number of ether oxygens (including phenoxy) is 4. The van der Waals surface area contributed by atoms with E-state index in [1.54, 1.807) is 0 Å². The van der Waals surface area contributed by atoms with Crippen LogP contribution in [0, 0.1) is 0 Å². The minimum absolute atomic E-state index is 0.0740. The monoisotopic (exact) mass is 1500 g/mol. The Morgan fingerprint density at radius 2 is 0.500 bits per heavy atom. The molecule has 0 fully saturated rings. The molecule has 0 spiro atoms. The Morgan fingerprint density at radius 1 is 0.279 bits per heavy atom. The van der Waals surface area contributed by atoms with Crippen LogP contribution in [0.25, 0.3) is 0 Å². The molecule has 0 aromatic carbocycles. The van der Waals surface area contributed by atoms with E-state index >= 15 is 0 Å². The van der Waals surface area contributed by atoms with E-state index in [2.05, 4.69) is 161 Å². The average molecular weight is 1500 g/mol. The molecule has 19 heteroatoms. The van der Waals surface area contributed by atoms with Crippen LogP contribution in [0.2, 0.25) is 0 Å². The van der Waals surface area contributed by atoms with Gasteiger partial charge in [0.05, 0.1) is 26.4 Å². The maximum Gasteiger partial charge on any atom is 0.472 e. The van der Waals surface area contributed by atoms with Crippen LogP contribution in [0.3, 0.4) is 0 Å². The molecule has 0 saturated carbocycles. The van der Waals surface area contributed by atoms with Gasteiger partial charge in [0.15, 0.2) is 12.2 Å². The number of carbonyl (C=O) groups excluding carboxylic acids is 4. The summed E-state index contributed by atoms with van der Waals surface area (Å²) in [7, 11) is -9.98. The Bertz CT molecular complexity index is 2490. The van der Waals surface area contributed by atoms with Crippen molar-refractivity contribution in [1.82, 2.24) is 0 Å². The number of carbonyl (C=O) groups is 4. The Balaban J connectivity index is 5.41. The summed E-state index contributed by atoms with van der Waals surface area (Å²) in [6.07, 6.45) is 85.7. The third-order valence-electron chi connectivity index (χ3n) is 16.6. The van der Waals surface area contributed by atoms with Crippen LogP contribution in [0.5, 0.6) is 0 Å². The molecule has 0 aliphatic carbocycles. The average Bonchev–Trinajstić information content (AvgIpc) is 0.939. The normalized spacial score (nSPS) is 14.6. The van der Waals surface area contributed by atoms with Crippen LogP contribution in [0.1, 0.15) is 323 Å². The van der Waals surface area contributed by atoms with Crippen molar-refractivity contribution in [2.45, 2.75) is 341 Å². The van der Waals surface area contributed by atoms with Gasteiger partial charge in [-0.05, 0) is 161 Å². The van der Waals surface area contributed by atoms with Gasteiger partial charge in [-0.25, -0.2) is 9.13 Å². The van der Waals surface area contributed by atoms with Crippen LogP contribution in [0.4, 0.5) is 0 Å². The lowest BCUT2D eigenvalue weighted by Gasteiger charge is -2.21. The molecule has 0 radical (unpaired) electrons. The van der Waals surface area contributed by atoms with Crippen LogP contribution >= 0.6 is 15.6 Å². The number of allylic oxidation sites excluding steroid dienone is 22. The summed E-state index contributed by atoms with van der Waals surface area (Å²) in [6, 6.07) is 0. The zero-order valence-corrected chi connectivity index (χ0v) is 66.9. The van der Waals surface area contributed by atoms with Gasteiger partial charge in [0, 0.05) is 25.7 Å². The van der Waals surface area contributed by atoms with Gasteiger partial charge < -0.3 is 33.8 Å². The van der Waals surface area contributed by atoms with Crippen LogP contribution in [-0.2, 0) is 65.4 Å². The van der Waals surface area contributed by atoms with E-state index in [-0.39, 0.29) is 25.7 Å². The van der Waals surface area contributed by atoms with Crippen molar-refractivity contribution in [3.8, 4) is 0 Å². The van der Waals surface area contributed by atoms with E-state index in [1.165, 1.54) is 64.2 Å². The van der Waals surface area contributed by atoms with E-state index in [9.17, 15) is 43.2 Å². The number of hydrogen-bond donors (Lipinski definition) is 3. The molecule has 0 aromatic heterocycles. The summed E-state index contributed by atoms with van der Waals surface area (Å²) in [5.74, 6) is -2.25. The summed E-state index contributed by atoms with van der Waals surface area (Å²) in [5.41, 5.74) is 0. The number of unbranched alkanes of at least 4 members (excludes halogenated alkanes) is 27. The molecular formula is C85H144O17P2. The van der Waals surface area contributed by atoms with Crippen LogP contribution in [-0.4, -0.2) is 96.7 Å². The summed E-state index contributed by atoms with van der Waals surface area (Å²) >= 11 is 0. The maximum atomic E-state index is 13.1. The van der Waals surface area contributed by atoms with Gasteiger partial charge in [0.25, 0.3) is 0 Å². The van der Waals surface area contributed by atoms with E-state index in [0.29, 0.717) is 25.7 Å². The first-order valence-electron chi connectivity index (χ1n) is 40.4. The molecule has 0 aliphatic rings. The molecule has 0 aromatic rings. The van der Waals surface area contributed by atoms with Gasteiger partial charge in [0.2, 0.25) is 0 Å². The van der Waals surface area contributed by atoms with Gasteiger partial charge in [-0.15, -0.1) is 0 Å². The summed E-state index contributed by atoms with van der Waals surface area (Å²) < 4.78 is 68.6. The first-order valence-corrected chi connectivity index (χ1v) is 43.4. The maximum absolute atomic E-state index is 13.1. The lowest BCUT2D eigenvalue weighted by atomic mass is 10.1. The molecule has 3 N–H and O–H groups in total. The number of phosphoric acid groups is 2. The molecule has 0 amide bonds. The second kappa shape index (κ2) is 76.4. The first-order chi connectivity index (χ1) is 50.7. The van der Waals surface area contributed by atoms with E-state index in [1.807, 2.05) is 0 Å². The highest BCUT2D eigenvalue weighted by Gasteiger charge is 2.30. The second-order valence-corrected chi connectivity index (χ2v) is 29.5. The minimum atomic E-state index is -4.99. The van der Waals surface area contributed by atoms with Gasteiger partial charge in [-0.2, -0.15) is 0 Å². The van der Waals surface area contributed by atoms with Gasteiger partial charge in [0.1, 0.15) is 19.3 Å². The molecule has 0 heterocycles. The Kier molecular flexibility index (Phi) is 72.9. The van der Waals surface area contributed by atoms with Crippen molar-refractivity contribution in [2.75, 3.05) is 39.6 Å². The van der Waals surface area contributed by atoms with E-state index in [4.69, 9.17) is 37.0 Å². The molecular weight excluding hydrogens is 1350 g/mol. The molecule has 0 aliphatic heterocycles. The number of aliphatic hydroxyl groups is 1. The van der Waals surface area contributed by atoms with Crippen molar-refractivity contribution < 1.29 is 80.2 Å². The summed E-state index contributed by atoms with van der Waals surface area (Å²) in [5, 5.41) is 10.6. The second-order valence-electron chi connectivity index (χ2n) is 26.6. The van der Waals surface area contributed by atoms with E-state index in [0.717, 1.165) is 180 Å². The molecule has 5 unspecified atom stereocenters. The number of phosphoric ester groups is 2. The van der Waals surface area contributed by atoms with Crippen LogP contribution in [0.15, 0.2) is 134 Å². The van der Waals surface area contributed by atoms with Gasteiger partial charge >= 0.3 is 39.5 Å². The minimum Gasteiger partial charge on any atom is -0.462 e. The summed E-state index contributed by atoms with van der Waals surface area (Å²) in [6.45, 7) is 4.56. The molecule has 5 atom stereocenters. The fourth-order valence-corrected chi connectivity index (χ4v) is 12.0. The fourth-order valence-electron chi connectivity index (χ4n) is 10.5. The first kappa shape index (κ1) is 99.2. The fraction of sp³-hybridized carbons (Fsp3) is 0.694. The Labute approximate surface area is 631 Å². The van der Waals surface area contributed by atoms with Gasteiger partial charge in [-0.3, -0.25) is 37.3 Å². The van der Waals surface area contributed by atoms with Crippen molar-refractivity contribution in [3.63, 3.8) is 0 Å². The molecule has 104 heavy (non-hydrogen) atoms. The highest BCUT2D eigenvalue weighted by Crippen LogP contribution is 2.45. The lowest BCUT2D eigenvalue weighted by molar-refractivity contribution is -0.161. The third-order valence-corrected chi connectivity index (χ3v) is 18.5. The number of esters is 4. The number of hydrogen-bond acceptors (Lipinski definition) is 15. The standard InChI is InChI=1S/C85H144O17P2/c1-5-9-13-17-21-25-29-33-36-38-39-41-44-47-50-54-58-62-66-70-83(88)95-75-80(101-84(89)71-67-63-59-55-51-45-32-28-24-20-16-12-8-4)77-99-103(91,92)97-73-79(86)74-98-104(93,94)100-78-81(102-85(90)72-68-64-60-56-52-48-42-35-31-27-23-19-15-11-7-3)76-96-82(87)69-65-61-57-53-49-46-43-40-37-34-30-26-22-18-14-10-6-2/h9-10,13-14,21-22,25-26,28,32-37,39,41-43,46-47,50,79-81,86H,5-8,11-12,15-20,23-24,27,29-31,38,40,44-45,48-49,51-78H2,1-4H3,(H,91,92)(H,93,94)/b13-9-,14-10-,25-21-,26-22-,32-28-,36-33-,37-34-,41-39-,42-35-,46-43-,50-47-. The lowest BCUT2D eigenvalue weighted by Crippen LogP contribution is -2.30. The molecule has 0 saturated heterocycles. The zero-order valence-electron chi connectivity index (χ0n) is 65.2. The SMILES string of the molecule is CC/C=C\C/C=C\C/C=C\C/C=C\C/C=C\CCCCCC(=O)OCC(COP(=O)(O)OCC(O)COP(=O)(O)OCC(COC(=O)CCCCCC/C=C\C/C=C\C/C=C\C/C=C\CC)OC(=O)CCCCCCC/C=C\CCCCCCCC)OC(=O)CCCCCCC/C=C\CCCCCC. The zero-order chi connectivity index (χ0) is 76.0. The topological polar surface area (TPSA) is 237 Å². The van der Waals surface area contributed by atoms with Crippen molar-refractivity contribution in [2.24, 2.45) is 0 Å². The number of aliphatic hydroxyl groups excluding tert-OH is 1. The number of rotatable bonds is 75. The third kappa shape index (κ3) is 75.4.